The molecule has 80 valence electrons. The first-order valence-electron chi connectivity index (χ1n) is 5.25. The fraction of sp³-hybridized carbons (Fsp3) is 0.818. The van der Waals surface area contributed by atoms with Crippen LogP contribution in [0.5, 0.6) is 0 Å². The largest absolute Gasteiger partial charge is 0.469 e. The smallest absolute Gasteiger partial charge is 0.308 e. The predicted octanol–water partition coefficient (Wildman–Crippen LogP) is 1.94. The Morgan fingerprint density at radius 1 is 1.57 bits per heavy atom. The molecule has 0 saturated heterocycles. The van der Waals surface area contributed by atoms with Gasteiger partial charge in [0, 0.05) is 12.3 Å². The summed E-state index contributed by atoms with van der Waals surface area (Å²) < 4.78 is 4.64. The number of carbonyl (C=O) groups is 2. The fourth-order valence-corrected chi connectivity index (χ4v) is 2.03. The van der Waals surface area contributed by atoms with Gasteiger partial charge in [-0.3, -0.25) is 9.59 Å². The van der Waals surface area contributed by atoms with Gasteiger partial charge in [-0.2, -0.15) is 0 Å². The highest BCUT2D eigenvalue weighted by Crippen LogP contribution is 2.26. The normalized spacial score (nSPS) is 24.4. The maximum Gasteiger partial charge on any atom is 0.308 e. The Morgan fingerprint density at radius 3 is 2.86 bits per heavy atom. The monoisotopic (exact) mass is 198 g/mol. The summed E-state index contributed by atoms with van der Waals surface area (Å²) in [5.74, 6) is 0.0697. The lowest BCUT2D eigenvalue weighted by Crippen LogP contribution is -2.24. The third kappa shape index (κ3) is 2.82. The lowest BCUT2D eigenvalue weighted by Gasteiger charge is -2.22. The van der Waals surface area contributed by atoms with Gasteiger partial charge in [0.05, 0.1) is 13.0 Å². The van der Waals surface area contributed by atoms with Crippen LogP contribution in [0.3, 0.4) is 0 Å². The molecule has 2 unspecified atom stereocenters. The first-order valence-corrected chi connectivity index (χ1v) is 5.25. The van der Waals surface area contributed by atoms with Crippen molar-refractivity contribution in [3.05, 3.63) is 0 Å². The molecular formula is C11H18O3. The summed E-state index contributed by atoms with van der Waals surface area (Å²) in [6, 6.07) is 0. The van der Waals surface area contributed by atoms with Gasteiger partial charge in [0.1, 0.15) is 5.78 Å². The SMILES string of the molecule is COC(=O)C(C)CC1CCCCC1=O. The van der Waals surface area contributed by atoms with Crippen molar-refractivity contribution in [1.29, 1.82) is 0 Å². The fourth-order valence-electron chi connectivity index (χ4n) is 2.03. The van der Waals surface area contributed by atoms with Gasteiger partial charge in [0.15, 0.2) is 0 Å². The number of ether oxygens (including phenoxy) is 1. The van der Waals surface area contributed by atoms with Gasteiger partial charge in [0.2, 0.25) is 0 Å². The first kappa shape index (κ1) is 11.2. The van der Waals surface area contributed by atoms with Crippen molar-refractivity contribution < 1.29 is 14.3 Å². The molecule has 1 saturated carbocycles. The number of carbonyl (C=O) groups excluding carboxylic acids is 2. The zero-order chi connectivity index (χ0) is 10.6. The molecule has 1 aliphatic carbocycles. The average molecular weight is 198 g/mol. The number of methoxy groups -OCH3 is 1. The molecule has 3 heteroatoms. The number of esters is 1. The van der Waals surface area contributed by atoms with E-state index in [1.54, 1.807) is 0 Å². The van der Waals surface area contributed by atoms with Crippen molar-refractivity contribution in [3.63, 3.8) is 0 Å². The molecule has 0 N–H and O–H groups in total. The van der Waals surface area contributed by atoms with Gasteiger partial charge in [-0.25, -0.2) is 0 Å². The minimum atomic E-state index is -0.205. The van der Waals surface area contributed by atoms with E-state index < -0.39 is 0 Å². The molecule has 0 bridgehead atoms. The van der Waals surface area contributed by atoms with Crippen molar-refractivity contribution in [2.45, 2.75) is 39.0 Å². The Bertz CT molecular complexity index is 223. The molecule has 1 aliphatic rings. The second-order valence-corrected chi connectivity index (χ2v) is 4.07. The van der Waals surface area contributed by atoms with Gasteiger partial charge < -0.3 is 4.74 Å². The number of Topliss-reactive ketones (excluding diaryl/α,β-unsaturated/α-hetero) is 1. The highest BCUT2D eigenvalue weighted by atomic mass is 16.5. The first-order chi connectivity index (χ1) is 6.65. The summed E-state index contributed by atoms with van der Waals surface area (Å²) >= 11 is 0. The van der Waals surface area contributed by atoms with Crippen LogP contribution in [0.25, 0.3) is 0 Å². The average Bonchev–Trinajstić information content (AvgIpc) is 2.20. The molecular weight excluding hydrogens is 180 g/mol. The van der Waals surface area contributed by atoms with E-state index in [1.807, 2.05) is 6.92 Å². The van der Waals surface area contributed by atoms with Crippen LogP contribution in [0.4, 0.5) is 0 Å². The quantitative estimate of drug-likeness (QED) is 0.651. The number of rotatable bonds is 3. The Balaban J connectivity index is 2.42. The number of hydrogen-bond acceptors (Lipinski definition) is 3. The Morgan fingerprint density at radius 2 is 2.29 bits per heavy atom. The van der Waals surface area contributed by atoms with Gasteiger partial charge in [0.25, 0.3) is 0 Å². The van der Waals surface area contributed by atoms with E-state index >= 15 is 0 Å². The zero-order valence-corrected chi connectivity index (χ0v) is 8.91. The molecule has 0 aromatic carbocycles. The molecule has 3 nitrogen and oxygen atoms in total. The standard InChI is InChI=1S/C11H18O3/c1-8(11(13)14-2)7-9-5-3-4-6-10(9)12/h8-9H,3-7H2,1-2H3. The van der Waals surface area contributed by atoms with E-state index in [0.717, 1.165) is 19.3 Å². The minimum Gasteiger partial charge on any atom is -0.469 e. The van der Waals surface area contributed by atoms with E-state index in [9.17, 15) is 9.59 Å². The van der Waals surface area contributed by atoms with Crippen molar-refractivity contribution in [2.75, 3.05) is 7.11 Å². The van der Waals surface area contributed by atoms with Crippen LogP contribution in [0.2, 0.25) is 0 Å². The van der Waals surface area contributed by atoms with E-state index in [4.69, 9.17) is 0 Å². The molecule has 1 fully saturated rings. The van der Waals surface area contributed by atoms with Crippen molar-refractivity contribution in [1.82, 2.24) is 0 Å². The summed E-state index contributed by atoms with van der Waals surface area (Å²) in [7, 11) is 1.39. The van der Waals surface area contributed by atoms with Crippen LogP contribution in [0, 0.1) is 11.8 Å². The summed E-state index contributed by atoms with van der Waals surface area (Å²) in [5.41, 5.74) is 0. The summed E-state index contributed by atoms with van der Waals surface area (Å²) in [6.07, 6.45) is 4.43. The molecule has 0 spiro atoms. The maximum absolute atomic E-state index is 11.5. The number of hydrogen-bond donors (Lipinski definition) is 0. The molecule has 14 heavy (non-hydrogen) atoms. The van der Waals surface area contributed by atoms with E-state index in [2.05, 4.69) is 4.74 Å². The van der Waals surface area contributed by atoms with Gasteiger partial charge in [-0.1, -0.05) is 13.3 Å². The van der Waals surface area contributed by atoms with E-state index in [1.165, 1.54) is 7.11 Å². The Labute approximate surface area is 84.8 Å². The lowest BCUT2D eigenvalue weighted by molar-refractivity contribution is -0.145. The van der Waals surface area contributed by atoms with Crippen LogP contribution < -0.4 is 0 Å². The summed E-state index contributed by atoms with van der Waals surface area (Å²) in [4.78, 5) is 22.6. The van der Waals surface area contributed by atoms with E-state index in [0.29, 0.717) is 18.6 Å². The molecule has 0 aromatic heterocycles. The van der Waals surface area contributed by atoms with Crippen molar-refractivity contribution in [2.24, 2.45) is 11.8 Å². The van der Waals surface area contributed by atoms with Gasteiger partial charge in [-0.15, -0.1) is 0 Å². The van der Waals surface area contributed by atoms with Crippen LogP contribution in [-0.2, 0) is 14.3 Å². The number of ketones is 1. The highest BCUT2D eigenvalue weighted by Gasteiger charge is 2.26. The summed E-state index contributed by atoms with van der Waals surface area (Å²) in [5, 5.41) is 0. The van der Waals surface area contributed by atoms with Crippen molar-refractivity contribution >= 4 is 11.8 Å². The maximum atomic E-state index is 11.5. The van der Waals surface area contributed by atoms with Gasteiger partial charge >= 0.3 is 5.97 Å². The zero-order valence-electron chi connectivity index (χ0n) is 8.91. The highest BCUT2D eigenvalue weighted by molar-refractivity contribution is 5.82. The third-order valence-electron chi connectivity index (χ3n) is 2.92. The molecule has 2 atom stereocenters. The molecule has 1 rings (SSSR count). The Hall–Kier alpha value is -0.860. The van der Waals surface area contributed by atoms with Crippen molar-refractivity contribution in [3.8, 4) is 0 Å². The third-order valence-corrected chi connectivity index (χ3v) is 2.92. The summed E-state index contributed by atoms with van der Waals surface area (Å²) in [6.45, 7) is 1.83. The molecule has 0 amide bonds. The molecule has 0 radical (unpaired) electrons. The van der Waals surface area contributed by atoms with Crippen LogP contribution in [-0.4, -0.2) is 18.9 Å². The van der Waals surface area contributed by atoms with E-state index in [-0.39, 0.29) is 17.8 Å². The van der Waals surface area contributed by atoms with Crippen LogP contribution >= 0.6 is 0 Å². The Kier molecular flexibility index (Phi) is 4.11. The van der Waals surface area contributed by atoms with Gasteiger partial charge in [-0.05, 0) is 19.3 Å². The minimum absolute atomic E-state index is 0.0952. The second kappa shape index (κ2) is 5.13. The lowest BCUT2D eigenvalue weighted by atomic mass is 9.82. The topological polar surface area (TPSA) is 43.4 Å². The van der Waals surface area contributed by atoms with Crippen LogP contribution in [0.15, 0.2) is 0 Å². The molecule has 0 aromatic rings. The van der Waals surface area contributed by atoms with Crippen LogP contribution in [0.1, 0.15) is 39.0 Å². The predicted molar refractivity (Wildman–Crippen MR) is 52.8 cm³/mol. The molecule has 0 aliphatic heterocycles. The second-order valence-electron chi connectivity index (χ2n) is 4.07. The molecule has 0 heterocycles.